The standard InChI is InChI=1S/C14H18ClFN2O/c15-10-4-5-13(16)12(9-10)14(19)18-8-2-1-3-11(18)6-7-17/h4-5,9,11H,1-3,6-8,17H2/t11-/m1/s1. The third-order valence-corrected chi connectivity index (χ3v) is 3.78. The first-order valence-corrected chi connectivity index (χ1v) is 6.97. The Bertz CT molecular complexity index is 465. The zero-order valence-corrected chi connectivity index (χ0v) is 11.5. The second-order valence-corrected chi connectivity index (χ2v) is 5.29. The molecule has 2 rings (SSSR count). The van der Waals surface area contributed by atoms with E-state index in [4.69, 9.17) is 17.3 Å². The summed E-state index contributed by atoms with van der Waals surface area (Å²) < 4.78 is 13.8. The van der Waals surface area contributed by atoms with E-state index in [0.29, 0.717) is 18.1 Å². The van der Waals surface area contributed by atoms with Crippen molar-refractivity contribution in [3.05, 3.63) is 34.6 Å². The van der Waals surface area contributed by atoms with Crippen molar-refractivity contribution >= 4 is 17.5 Å². The monoisotopic (exact) mass is 284 g/mol. The Morgan fingerprint density at radius 1 is 1.47 bits per heavy atom. The molecule has 1 fully saturated rings. The third-order valence-electron chi connectivity index (χ3n) is 3.55. The van der Waals surface area contributed by atoms with Crippen LogP contribution in [0.2, 0.25) is 5.02 Å². The van der Waals surface area contributed by atoms with Gasteiger partial charge in [-0.05, 0) is 50.4 Å². The molecule has 2 N–H and O–H groups in total. The molecule has 1 atom stereocenters. The first-order chi connectivity index (χ1) is 9.13. The van der Waals surface area contributed by atoms with E-state index in [1.807, 2.05) is 0 Å². The van der Waals surface area contributed by atoms with E-state index >= 15 is 0 Å². The minimum absolute atomic E-state index is 0.0522. The minimum atomic E-state index is -0.522. The zero-order valence-electron chi connectivity index (χ0n) is 10.7. The number of hydrogen-bond donors (Lipinski definition) is 1. The number of carbonyl (C=O) groups is 1. The number of nitrogens with two attached hydrogens (primary N) is 1. The number of likely N-dealkylation sites (tertiary alicyclic amines) is 1. The quantitative estimate of drug-likeness (QED) is 0.928. The Labute approximate surface area is 117 Å². The maximum absolute atomic E-state index is 13.8. The summed E-state index contributed by atoms with van der Waals surface area (Å²) >= 11 is 5.84. The van der Waals surface area contributed by atoms with Gasteiger partial charge >= 0.3 is 0 Å². The fourth-order valence-corrected chi connectivity index (χ4v) is 2.75. The molecule has 1 saturated heterocycles. The Kier molecular flexibility index (Phi) is 4.77. The molecular weight excluding hydrogens is 267 g/mol. The molecule has 1 aromatic rings. The van der Waals surface area contributed by atoms with Gasteiger partial charge in [0, 0.05) is 17.6 Å². The van der Waals surface area contributed by atoms with Gasteiger partial charge in [0.2, 0.25) is 0 Å². The molecule has 3 nitrogen and oxygen atoms in total. The lowest BCUT2D eigenvalue weighted by Gasteiger charge is -2.35. The van der Waals surface area contributed by atoms with Crippen LogP contribution in [0, 0.1) is 5.82 Å². The molecule has 104 valence electrons. The largest absolute Gasteiger partial charge is 0.336 e. The van der Waals surface area contributed by atoms with Crippen LogP contribution in [0.1, 0.15) is 36.0 Å². The number of amides is 1. The molecule has 0 aromatic heterocycles. The van der Waals surface area contributed by atoms with E-state index in [1.165, 1.54) is 18.2 Å². The van der Waals surface area contributed by atoms with E-state index in [0.717, 1.165) is 25.7 Å². The zero-order chi connectivity index (χ0) is 13.8. The second-order valence-electron chi connectivity index (χ2n) is 4.85. The number of nitrogens with zero attached hydrogens (tertiary/aromatic N) is 1. The lowest BCUT2D eigenvalue weighted by Crippen LogP contribution is -2.44. The van der Waals surface area contributed by atoms with Gasteiger partial charge in [-0.2, -0.15) is 0 Å². The normalized spacial score (nSPS) is 19.5. The molecule has 0 aliphatic carbocycles. The fraction of sp³-hybridized carbons (Fsp3) is 0.500. The lowest BCUT2D eigenvalue weighted by molar-refractivity contribution is 0.0600. The summed E-state index contributed by atoms with van der Waals surface area (Å²) in [5.41, 5.74) is 5.63. The van der Waals surface area contributed by atoms with Crippen LogP contribution < -0.4 is 5.73 Å². The summed E-state index contributed by atoms with van der Waals surface area (Å²) in [6.45, 7) is 1.20. The predicted octanol–water partition coefficient (Wildman–Crippen LogP) is 2.82. The average Bonchev–Trinajstić information content (AvgIpc) is 2.42. The van der Waals surface area contributed by atoms with Gasteiger partial charge in [-0.25, -0.2) is 4.39 Å². The highest BCUT2D eigenvalue weighted by Crippen LogP contribution is 2.24. The van der Waals surface area contributed by atoms with Gasteiger partial charge in [0.05, 0.1) is 5.56 Å². The molecule has 1 aliphatic heterocycles. The van der Waals surface area contributed by atoms with E-state index < -0.39 is 5.82 Å². The topological polar surface area (TPSA) is 46.3 Å². The number of halogens is 2. The molecule has 0 radical (unpaired) electrons. The van der Waals surface area contributed by atoms with Crippen molar-refractivity contribution in [1.29, 1.82) is 0 Å². The van der Waals surface area contributed by atoms with Gasteiger partial charge < -0.3 is 10.6 Å². The molecule has 0 saturated carbocycles. The maximum Gasteiger partial charge on any atom is 0.257 e. The Morgan fingerprint density at radius 2 is 2.26 bits per heavy atom. The molecular formula is C14H18ClFN2O. The molecule has 1 heterocycles. The predicted molar refractivity (Wildman–Crippen MR) is 73.8 cm³/mol. The number of carbonyl (C=O) groups excluding carboxylic acids is 1. The highest BCUT2D eigenvalue weighted by atomic mass is 35.5. The number of hydrogen-bond acceptors (Lipinski definition) is 2. The number of benzene rings is 1. The van der Waals surface area contributed by atoms with Gasteiger partial charge in [0.25, 0.3) is 5.91 Å². The van der Waals surface area contributed by atoms with Crippen LogP contribution in [0.3, 0.4) is 0 Å². The summed E-state index contributed by atoms with van der Waals surface area (Å²) in [5, 5.41) is 0.372. The van der Waals surface area contributed by atoms with Gasteiger partial charge in [0.15, 0.2) is 0 Å². The van der Waals surface area contributed by atoms with Crippen LogP contribution in [0.5, 0.6) is 0 Å². The van der Waals surface area contributed by atoms with E-state index in [2.05, 4.69) is 0 Å². The Balaban J connectivity index is 2.23. The average molecular weight is 285 g/mol. The molecule has 1 aliphatic rings. The third kappa shape index (κ3) is 3.25. The molecule has 5 heteroatoms. The summed E-state index contributed by atoms with van der Waals surface area (Å²) in [4.78, 5) is 14.2. The van der Waals surface area contributed by atoms with Crippen LogP contribution in [0.25, 0.3) is 0 Å². The highest BCUT2D eigenvalue weighted by Gasteiger charge is 2.28. The number of piperidine rings is 1. The molecule has 0 spiro atoms. The molecule has 0 bridgehead atoms. The highest BCUT2D eigenvalue weighted by molar-refractivity contribution is 6.31. The van der Waals surface area contributed by atoms with Crippen molar-refractivity contribution in [2.24, 2.45) is 5.73 Å². The molecule has 0 unspecified atom stereocenters. The van der Waals surface area contributed by atoms with Crippen LogP contribution in [-0.2, 0) is 0 Å². The van der Waals surface area contributed by atoms with Crippen LogP contribution >= 0.6 is 11.6 Å². The van der Waals surface area contributed by atoms with Crippen LogP contribution in [-0.4, -0.2) is 29.9 Å². The van der Waals surface area contributed by atoms with Gasteiger partial charge in [-0.3, -0.25) is 4.79 Å². The van der Waals surface area contributed by atoms with Crippen molar-refractivity contribution in [3.8, 4) is 0 Å². The van der Waals surface area contributed by atoms with Crippen molar-refractivity contribution in [1.82, 2.24) is 4.90 Å². The lowest BCUT2D eigenvalue weighted by atomic mass is 9.98. The Hall–Kier alpha value is -1.13. The summed E-state index contributed by atoms with van der Waals surface area (Å²) in [5.74, 6) is -0.801. The fourth-order valence-electron chi connectivity index (χ4n) is 2.58. The van der Waals surface area contributed by atoms with Crippen molar-refractivity contribution in [3.63, 3.8) is 0 Å². The van der Waals surface area contributed by atoms with Crippen LogP contribution in [0.4, 0.5) is 4.39 Å². The van der Waals surface area contributed by atoms with Crippen molar-refractivity contribution in [2.45, 2.75) is 31.7 Å². The SMILES string of the molecule is NCC[C@H]1CCCCN1C(=O)c1cc(Cl)ccc1F. The molecule has 1 aromatic carbocycles. The summed E-state index contributed by atoms with van der Waals surface area (Å²) in [7, 11) is 0. The smallest absolute Gasteiger partial charge is 0.257 e. The Morgan fingerprint density at radius 3 is 3.00 bits per heavy atom. The summed E-state index contributed by atoms with van der Waals surface area (Å²) in [6.07, 6.45) is 3.74. The summed E-state index contributed by atoms with van der Waals surface area (Å²) in [6, 6.07) is 4.19. The van der Waals surface area contributed by atoms with E-state index in [-0.39, 0.29) is 17.5 Å². The number of rotatable bonds is 3. The van der Waals surface area contributed by atoms with Gasteiger partial charge in [-0.15, -0.1) is 0 Å². The van der Waals surface area contributed by atoms with Gasteiger partial charge in [0.1, 0.15) is 5.82 Å². The minimum Gasteiger partial charge on any atom is -0.336 e. The van der Waals surface area contributed by atoms with Crippen molar-refractivity contribution < 1.29 is 9.18 Å². The first-order valence-electron chi connectivity index (χ1n) is 6.59. The molecule has 1 amide bonds. The first kappa shape index (κ1) is 14.3. The van der Waals surface area contributed by atoms with Gasteiger partial charge in [-0.1, -0.05) is 11.6 Å². The van der Waals surface area contributed by atoms with E-state index in [1.54, 1.807) is 4.90 Å². The maximum atomic E-state index is 13.8. The van der Waals surface area contributed by atoms with E-state index in [9.17, 15) is 9.18 Å². The van der Waals surface area contributed by atoms with Crippen LogP contribution in [0.15, 0.2) is 18.2 Å². The van der Waals surface area contributed by atoms with Crippen molar-refractivity contribution in [2.75, 3.05) is 13.1 Å². The molecule has 19 heavy (non-hydrogen) atoms. The second kappa shape index (κ2) is 6.35.